The molecule has 1 aliphatic carbocycles. The maximum atomic E-state index is 13.2. The van der Waals surface area contributed by atoms with E-state index in [2.05, 4.69) is 5.32 Å². The molecule has 5 nitrogen and oxygen atoms in total. The first-order valence-corrected chi connectivity index (χ1v) is 11.3. The van der Waals surface area contributed by atoms with E-state index in [0.717, 1.165) is 36.8 Å². The molecule has 2 aromatic carbocycles. The van der Waals surface area contributed by atoms with Crippen molar-refractivity contribution in [1.82, 2.24) is 10.2 Å². The number of aryl methyl sites for hydroxylation is 2. The molecule has 2 aromatic rings. The van der Waals surface area contributed by atoms with Crippen LogP contribution in [0, 0.1) is 13.8 Å². The number of nitrogens with zero attached hydrogens (tertiary/aromatic N) is 1. The molecule has 3 rings (SSSR count). The lowest BCUT2D eigenvalue weighted by Gasteiger charge is -2.31. The Kier molecular flexibility index (Phi) is 8.10. The summed E-state index contributed by atoms with van der Waals surface area (Å²) in [5.41, 5.74) is 3.29. The van der Waals surface area contributed by atoms with Crippen molar-refractivity contribution in [3.05, 3.63) is 65.2 Å². The summed E-state index contributed by atoms with van der Waals surface area (Å²) >= 11 is 0. The van der Waals surface area contributed by atoms with Crippen LogP contribution in [0.4, 0.5) is 0 Å². The molecule has 166 valence electrons. The van der Waals surface area contributed by atoms with E-state index in [1.807, 2.05) is 69.3 Å². The van der Waals surface area contributed by atoms with Crippen LogP contribution in [-0.4, -0.2) is 35.4 Å². The van der Waals surface area contributed by atoms with Gasteiger partial charge >= 0.3 is 0 Å². The van der Waals surface area contributed by atoms with Crippen LogP contribution in [-0.2, 0) is 16.1 Å². The van der Waals surface area contributed by atoms with Gasteiger partial charge in [0, 0.05) is 12.6 Å². The van der Waals surface area contributed by atoms with Gasteiger partial charge in [-0.1, -0.05) is 56.2 Å². The maximum Gasteiger partial charge on any atom is 0.261 e. The molecule has 0 bridgehead atoms. The lowest BCUT2D eigenvalue weighted by atomic mass is 10.1. The van der Waals surface area contributed by atoms with E-state index in [-0.39, 0.29) is 24.5 Å². The first kappa shape index (κ1) is 22.9. The van der Waals surface area contributed by atoms with Crippen LogP contribution in [0.2, 0.25) is 0 Å². The monoisotopic (exact) mass is 422 g/mol. The van der Waals surface area contributed by atoms with E-state index >= 15 is 0 Å². The van der Waals surface area contributed by atoms with Crippen LogP contribution in [0.3, 0.4) is 0 Å². The van der Waals surface area contributed by atoms with Crippen molar-refractivity contribution < 1.29 is 14.3 Å². The van der Waals surface area contributed by atoms with Gasteiger partial charge in [-0.3, -0.25) is 9.59 Å². The molecule has 2 amide bonds. The number of benzene rings is 2. The Hall–Kier alpha value is -2.82. The summed E-state index contributed by atoms with van der Waals surface area (Å²) in [6.45, 7) is 6.30. The minimum Gasteiger partial charge on any atom is -0.484 e. The number of carbonyl (C=O) groups is 2. The average molecular weight is 423 g/mol. The smallest absolute Gasteiger partial charge is 0.261 e. The Morgan fingerprint density at radius 2 is 1.77 bits per heavy atom. The van der Waals surface area contributed by atoms with Crippen LogP contribution >= 0.6 is 0 Å². The molecule has 0 radical (unpaired) electrons. The SMILES string of the molecule is CC[C@@H](C(=O)NC1CCCC1)N(Cc1ccccc1)C(=O)COc1ccc(C)c(C)c1. The number of nitrogens with one attached hydrogen (secondary N) is 1. The van der Waals surface area contributed by atoms with Gasteiger partial charge in [0.2, 0.25) is 5.91 Å². The van der Waals surface area contributed by atoms with Crippen LogP contribution < -0.4 is 10.1 Å². The standard InChI is InChI=1S/C26H34N2O3/c1-4-24(26(30)27-22-12-8-9-13-22)28(17-21-10-6-5-7-11-21)25(29)18-31-23-15-14-19(2)20(3)16-23/h5-7,10-11,14-16,22,24H,4,8-9,12-13,17-18H2,1-3H3,(H,27,30)/t24-/m0/s1. The first-order chi connectivity index (χ1) is 15.0. The molecular formula is C26H34N2O3. The molecule has 1 fully saturated rings. The first-order valence-electron chi connectivity index (χ1n) is 11.3. The summed E-state index contributed by atoms with van der Waals surface area (Å²) in [4.78, 5) is 28.0. The second kappa shape index (κ2) is 11.0. The molecule has 0 aromatic heterocycles. The van der Waals surface area contributed by atoms with Gasteiger partial charge in [0.05, 0.1) is 0 Å². The van der Waals surface area contributed by atoms with Gasteiger partial charge in [-0.15, -0.1) is 0 Å². The second-order valence-electron chi connectivity index (χ2n) is 8.46. The zero-order valence-electron chi connectivity index (χ0n) is 18.9. The van der Waals surface area contributed by atoms with E-state index in [1.165, 1.54) is 5.56 Å². The quantitative estimate of drug-likeness (QED) is 0.645. The fraction of sp³-hybridized carbons (Fsp3) is 0.462. The summed E-state index contributed by atoms with van der Waals surface area (Å²) in [6.07, 6.45) is 4.90. The van der Waals surface area contributed by atoms with Gasteiger partial charge in [-0.25, -0.2) is 0 Å². The molecule has 0 heterocycles. The van der Waals surface area contributed by atoms with Gasteiger partial charge in [0.15, 0.2) is 6.61 Å². The van der Waals surface area contributed by atoms with Gasteiger partial charge in [0.1, 0.15) is 11.8 Å². The minimum absolute atomic E-state index is 0.0649. The zero-order valence-corrected chi connectivity index (χ0v) is 18.9. The fourth-order valence-electron chi connectivity index (χ4n) is 4.10. The number of amides is 2. The van der Waals surface area contributed by atoms with Crippen molar-refractivity contribution in [1.29, 1.82) is 0 Å². The maximum absolute atomic E-state index is 13.2. The Morgan fingerprint density at radius 1 is 1.06 bits per heavy atom. The summed E-state index contributed by atoms with van der Waals surface area (Å²) in [5, 5.41) is 3.16. The van der Waals surface area contributed by atoms with E-state index < -0.39 is 6.04 Å². The van der Waals surface area contributed by atoms with Crippen LogP contribution in [0.25, 0.3) is 0 Å². The van der Waals surface area contributed by atoms with Crippen LogP contribution in [0.5, 0.6) is 5.75 Å². The van der Waals surface area contributed by atoms with Gasteiger partial charge < -0.3 is 15.0 Å². The predicted octanol–water partition coefficient (Wildman–Crippen LogP) is 4.55. The highest BCUT2D eigenvalue weighted by atomic mass is 16.5. The van der Waals surface area contributed by atoms with Crippen LogP contribution in [0.1, 0.15) is 55.7 Å². The molecule has 1 atom stereocenters. The van der Waals surface area contributed by atoms with Gasteiger partial charge in [0.25, 0.3) is 5.91 Å². The topological polar surface area (TPSA) is 58.6 Å². The Labute approximate surface area is 185 Å². The molecule has 5 heteroatoms. The van der Waals surface area contributed by atoms with Gasteiger partial charge in [-0.2, -0.15) is 0 Å². The summed E-state index contributed by atoms with van der Waals surface area (Å²) in [7, 11) is 0. The summed E-state index contributed by atoms with van der Waals surface area (Å²) < 4.78 is 5.81. The molecule has 0 saturated heterocycles. The molecular weight excluding hydrogens is 388 g/mol. The van der Waals surface area contributed by atoms with E-state index in [4.69, 9.17) is 4.74 Å². The lowest BCUT2D eigenvalue weighted by Crippen LogP contribution is -2.52. The van der Waals surface area contributed by atoms with Crippen molar-refractivity contribution in [2.75, 3.05) is 6.61 Å². The fourth-order valence-corrected chi connectivity index (χ4v) is 4.10. The third-order valence-electron chi connectivity index (χ3n) is 6.12. The Morgan fingerprint density at radius 3 is 2.42 bits per heavy atom. The van der Waals surface area contributed by atoms with Crippen molar-refractivity contribution in [3.8, 4) is 5.75 Å². The number of rotatable bonds is 9. The third kappa shape index (κ3) is 6.33. The molecule has 0 unspecified atom stereocenters. The van der Waals surface area contributed by atoms with Crippen molar-refractivity contribution in [2.24, 2.45) is 0 Å². The summed E-state index contributed by atoms with van der Waals surface area (Å²) in [5.74, 6) is 0.417. The molecule has 31 heavy (non-hydrogen) atoms. The largest absolute Gasteiger partial charge is 0.484 e. The predicted molar refractivity (Wildman–Crippen MR) is 123 cm³/mol. The lowest BCUT2D eigenvalue weighted by molar-refractivity contribution is -0.143. The third-order valence-corrected chi connectivity index (χ3v) is 6.12. The normalized spacial score (nSPS) is 14.8. The van der Waals surface area contributed by atoms with Crippen molar-refractivity contribution in [3.63, 3.8) is 0 Å². The van der Waals surface area contributed by atoms with Crippen molar-refractivity contribution >= 4 is 11.8 Å². The molecule has 1 N–H and O–H groups in total. The highest BCUT2D eigenvalue weighted by Crippen LogP contribution is 2.20. The van der Waals surface area contributed by atoms with E-state index in [1.54, 1.807) is 4.90 Å². The highest BCUT2D eigenvalue weighted by molar-refractivity contribution is 5.88. The van der Waals surface area contributed by atoms with Crippen LogP contribution in [0.15, 0.2) is 48.5 Å². The molecule has 0 spiro atoms. The number of hydrogen-bond acceptors (Lipinski definition) is 3. The minimum atomic E-state index is -0.517. The molecule has 1 saturated carbocycles. The second-order valence-corrected chi connectivity index (χ2v) is 8.46. The zero-order chi connectivity index (χ0) is 22.2. The molecule has 0 aliphatic heterocycles. The van der Waals surface area contributed by atoms with Gasteiger partial charge in [-0.05, 0) is 61.9 Å². The number of hydrogen-bond donors (Lipinski definition) is 1. The molecule has 1 aliphatic rings. The number of carbonyl (C=O) groups excluding carboxylic acids is 2. The summed E-state index contributed by atoms with van der Waals surface area (Å²) in [6, 6.07) is 15.3. The Bertz CT molecular complexity index is 875. The Balaban J connectivity index is 1.73. The van der Waals surface area contributed by atoms with Crippen molar-refractivity contribution in [2.45, 2.75) is 71.5 Å². The average Bonchev–Trinajstić information content (AvgIpc) is 3.28. The number of ether oxygens (including phenoxy) is 1. The highest BCUT2D eigenvalue weighted by Gasteiger charge is 2.30. The van der Waals surface area contributed by atoms with E-state index in [0.29, 0.717) is 18.7 Å². The van der Waals surface area contributed by atoms with E-state index in [9.17, 15) is 9.59 Å².